The zero-order valence-electron chi connectivity index (χ0n) is 9.31. The second-order valence-electron chi connectivity index (χ2n) is 3.20. The predicted molar refractivity (Wildman–Crippen MR) is 65.5 cm³/mol. The van der Waals surface area contributed by atoms with E-state index in [1.54, 1.807) is 13.2 Å². The number of ether oxygens (including phenoxy) is 1. The molecule has 0 bridgehead atoms. The lowest BCUT2D eigenvalue weighted by molar-refractivity contribution is -0.384. The standard InChI is InChI=1S/C10H13BrN2O4/c1-16-4-5-17-12-7-8-2-3-9(13(14)15)6-10(8)11/h2-3,6,12H,4-5,7H2,1H3. The molecule has 94 valence electrons. The van der Waals surface area contributed by atoms with Gasteiger partial charge in [0.1, 0.15) is 0 Å². The van der Waals surface area contributed by atoms with Crippen molar-refractivity contribution in [3.05, 3.63) is 38.3 Å². The van der Waals surface area contributed by atoms with Gasteiger partial charge in [-0.15, -0.1) is 0 Å². The molecule has 1 aromatic rings. The van der Waals surface area contributed by atoms with E-state index in [2.05, 4.69) is 21.4 Å². The number of hydrogen-bond acceptors (Lipinski definition) is 5. The number of benzene rings is 1. The van der Waals surface area contributed by atoms with E-state index in [0.717, 1.165) is 5.56 Å². The maximum Gasteiger partial charge on any atom is 0.270 e. The summed E-state index contributed by atoms with van der Waals surface area (Å²) in [5, 5.41) is 10.5. The average Bonchev–Trinajstić information content (AvgIpc) is 2.30. The van der Waals surface area contributed by atoms with Gasteiger partial charge in [-0.2, -0.15) is 5.48 Å². The molecular weight excluding hydrogens is 292 g/mol. The van der Waals surface area contributed by atoms with Crippen molar-refractivity contribution >= 4 is 21.6 Å². The highest BCUT2D eigenvalue weighted by atomic mass is 79.9. The number of hydroxylamine groups is 1. The van der Waals surface area contributed by atoms with Crippen molar-refractivity contribution in [2.45, 2.75) is 6.54 Å². The molecule has 0 aliphatic heterocycles. The van der Waals surface area contributed by atoms with Crippen LogP contribution in [0.5, 0.6) is 0 Å². The van der Waals surface area contributed by atoms with Gasteiger partial charge in [-0.05, 0) is 11.6 Å². The van der Waals surface area contributed by atoms with Crippen LogP contribution in [-0.4, -0.2) is 25.2 Å². The second kappa shape index (κ2) is 7.33. The van der Waals surface area contributed by atoms with Crippen LogP contribution < -0.4 is 5.48 Å². The van der Waals surface area contributed by atoms with Crippen LogP contribution in [0.25, 0.3) is 0 Å². The molecule has 0 saturated heterocycles. The Morgan fingerprint density at radius 1 is 1.47 bits per heavy atom. The Kier molecular flexibility index (Phi) is 6.06. The number of non-ortho nitro benzene ring substituents is 1. The number of nitro benzene ring substituents is 1. The minimum atomic E-state index is -0.433. The molecule has 0 amide bonds. The Labute approximate surface area is 107 Å². The van der Waals surface area contributed by atoms with Gasteiger partial charge in [0, 0.05) is 30.3 Å². The molecule has 1 rings (SSSR count). The molecule has 6 nitrogen and oxygen atoms in total. The summed E-state index contributed by atoms with van der Waals surface area (Å²) >= 11 is 3.27. The van der Waals surface area contributed by atoms with E-state index in [9.17, 15) is 10.1 Å². The quantitative estimate of drug-likeness (QED) is 0.474. The molecule has 0 spiro atoms. The maximum atomic E-state index is 10.5. The molecule has 17 heavy (non-hydrogen) atoms. The third-order valence-electron chi connectivity index (χ3n) is 2.00. The molecule has 7 heteroatoms. The summed E-state index contributed by atoms with van der Waals surface area (Å²) in [7, 11) is 1.59. The molecule has 1 N–H and O–H groups in total. The van der Waals surface area contributed by atoms with Crippen molar-refractivity contribution in [3.8, 4) is 0 Å². The lowest BCUT2D eigenvalue weighted by Crippen LogP contribution is -2.17. The summed E-state index contributed by atoms with van der Waals surface area (Å²) in [5.74, 6) is 0. The molecule has 0 radical (unpaired) electrons. The number of nitro groups is 1. The Morgan fingerprint density at radius 3 is 2.82 bits per heavy atom. The number of nitrogens with one attached hydrogen (secondary N) is 1. The molecule has 0 heterocycles. The zero-order chi connectivity index (χ0) is 12.7. The summed E-state index contributed by atoms with van der Waals surface area (Å²) in [6, 6.07) is 4.60. The van der Waals surface area contributed by atoms with Gasteiger partial charge in [-0.1, -0.05) is 15.9 Å². The van der Waals surface area contributed by atoms with Crippen LogP contribution in [0.3, 0.4) is 0 Å². The smallest absolute Gasteiger partial charge is 0.270 e. The lowest BCUT2D eigenvalue weighted by atomic mass is 10.2. The molecule has 1 aromatic carbocycles. The predicted octanol–water partition coefficient (Wildman–Crippen LogP) is 2.02. The maximum absolute atomic E-state index is 10.5. The van der Waals surface area contributed by atoms with Crippen LogP contribution in [-0.2, 0) is 16.1 Å². The van der Waals surface area contributed by atoms with Gasteiger partial charge >= 0.3 is 0 Å². The van der Waals surface area contributed by atoms with E-state index in [1.807, 2.05) is 0 Å². The molecule has 0 aliphatic carbocycles. The third-order valence-corrected chi connectivity index (χ3v) is 2.74. The van der Waals surface area contributed by atoms with E-state index in [4.69, 9.17) is 9.57 Å². The number of halogens is 1. The Morgan fingerprint density at radius 2 is 2.24 bits per heavy atom. The Bertz CT molecular complexity index is 387. The van der Waals surface area contributed by atoms with Gasteiger partial charge in [-0.3, -0.25) is 15.0 Å². The van der Waals surface area contributed by atoms with Crippen molar-refractivity contribution in [3.63, 3.8) is 0 Å². The first-order valence-corrected chi connectivity index (χ1v) is 5.71. The summed E-state index contributed by atoms with van der Waals surface area (Å²) in [6.45, 7) is 1.41. The van der Waals surface area contributed by atoms with Crippen molar-refractivity contribution in [2.75, 3.05) is 20.3 Å². The van der Waals surface area contributed by atoms with Crippen molar-refractivity contribution in [2.24, 2.45) is 0 Å². The SMILES string of the molecule is COCCONCc1ccc([N+](=O)[O-])cc1Br. The normalized spacial score (nSPS) is 10.5. The first kappa shape index (κ1) is 14.0. The Hall–Kier alpha value is -1.02. The van der Waals surface area contributed by atoms with Crippen LogP contribution in [0.4, 0.5) is 5.69 Å². The van der Waals surface area contributed by atoms with E-state index >= 15 is 0 Å². The molecule has 0 aromatic heterocycles. The first-order chi connectivity index (χ1) is 8.15. The molecular formula is C10H13BrN2O4. The van der Waals surface area contributed by atoms with Gasteiger partial charge in [0.2, 0.25) is 0 Å². The monoisotopic (exact) mass is 304 g/mol. The fourth-order valence-electron chi connectivity index (χ4n) is 1.12. The number of hydrogen-bond donors (Lipinski definition) is 1. The summed E-state index contributed by atoms with van der Waals surface area (Å²) in [5.41, 5.74) is 3.68. The molecule has 0 aliphatic rings. The third kappa shape index (κ3) is 4.78. The van der Waals surface area contributed by atoms with Crippen LogP contribution in [0, 0.1) is 10.1 Å². The van der Waals surface area contributed by atoms with Gasteiger partial charge in [-0.25, -0.2) is 0 Å². The van der Waals surface area contributed by atoms with Crippen molar-refractivity contribution in [1.82, 2.24) is 5.48 Å². The highest BCUT2D eigenvalue weighted by Gasteiger charge is 2.08. The van der Waals surface area contributed by atoms with Crippen LogP contribution in [0.2, 0.25) is 0 Å². The average molecular weight is 305 g/mol. The largest absolute Gasteiger partial charge is 0.382 e. The molecule has 0 unspecified atom stereocenters. The minimum absolute atomic E-state index is 0.0564. The Balaban J connectivity index is 2.46. The van der Waals surface area contributed by atoms with E-state index in [1.165, 1.54) is 12.1 Å². The molecule has 0 atom stereocenters. The zero-order valence-corrected chi connectivity index (χ0v) is 10.9. The van der Waals surface area contributed by atoms with E-state index in [-0.39, 0.29) is 5.69 Å². The van der Waals surface area contributed by atoms with Crippen LogP contribution >= 0.6 is 15.9 Å². The molecule has 0 saturated carbocycles. The fraction of sp³-hybridized carbons (Fsp3) is 0.400. The number of nitrogens with zero attached hydrogens (tertiary/aromatic N) is 1. The minimum Gasteiger partial charge on any atom is -0.382 e. The van der Waals surface area contributed by atoms with E-state index < -0.39 is 4.92 Å². The van der Waals surface area contributed by atoms with Crippen LogP contribution in [0.15, 0.2) is 22.7 Å². The highest BCUT2D eigenvalue weighted by Crippen LogP contribution is 2.22. The van der Waals surface area contributed by atoms with Gasteiger partial charge in [0.15, 0.2) is 0 Å². The lowest BCUT2D eigenvalue weighted by Gasteiger charge is -2.07. The van der Waals surface area contributed by atoms with E-state index in [0.29, 0.717) is 24.2 Å². The number of methoxy groups -OCH3 is 1. The molecule has 0 fully saturated rings. The fourth-order valence-corrected chi connectivity index (χ4v) is 1.63. The summed E-state index contributed by atoms with van der Waals surface area (Å²) in [4.78, 5) is 15.2. The van der Waals surface area contributed by atoms with Crippen molar-refractivity contribution in [1.29, 1.82) is 0 Å². The summed E-state index contributed by atoms with van der Waals surface area (Å²) < 4.78 is 5.49. The van der Waals surface area contributed by atoms with Crippen molar-refractivity contribution < 1.29 is 14.5 Å². The van der Waals surface area contributed by atoms with Gasteiger partial charge in [0.25, 0.3) is 5.69 Å². The van der Waals surface area contributed by atoms with Crippen LogP contribution in [0.1, 0.15) is 5.56 Å². The summed E-state index contributed by atoms with van der Waals surface area (Å²) in [6.07, 6.45) is 0. The number of rotatable bonds is 7. The highest BCUT2D eigenvalue weighted by molar-refractivity contribution is 9.10. The second-order valence-corrected chi connectivity index (χ2v) is 4.05. The van der Waals surface area contributed by atoms with Gasteiger partial charge in [0.05, 0.1) is 18.1 Å². The first-order valence-electron chi connectivity index (χ1n) is 4.91. The topological polar surface area (TPSA) is 73.6 Å². The van der Waals surface area contributed by atoms with Gasteiger partial charge < -0.3 is 4.74 Å².